The van der Waals surface area contributed by atoms with Crippen LogP contribution in [0.4, 0.5) is 0 Å². The molecule has 19 heavy (non-hydrogen) atoms. The van der Waals surface area contributed by atoms with Crippen molar-refractivity contribution in [3.8, 4) is 11.8 Å². The highest BCUT2D eigenvalue weighted by atomic mass is 127. The summed E-state index contributed by atoms with van der Waals surface area (Å²) in [5.74, 6) is 1.69. The molecule has 102 valence electrons. The molecule has 1 aromatic rings. The quantitative estimate of drug-likeness (QED) is 0.716. The number of hydrogen-bond acceptors (Lipinski definition) is 2. The highest BCUT2D eigenvalue weighted by molar-refractivity contribution is 14.1. The Bertz CT molecular complexity index is 454. The van der Waals surface area contributed by atoms with E-state index < -0.39 is 0 Å². The van der Waals surface area contributed by atoms with Crippen molar-refractivity contribution in [2.24, 2.45) is 11.8 Å². The summed E-state index contributed by atoms with van der Waals surface area (Å²) in [7, 11) is 0. The minimum Gasteiger partial charge on any atom is -0.488 e. The molecule has 0 N–H and O–H groups in total. The fraction of sp³-hybridized carbons (Fsp3) is 0.562. The highest BCUT2D eigenvalue weighted by Crippen LogP contribution is 2.35. The molecule has 0 radical (unpaired) electrons. The number of para-hydroxylation sites is 1. The maximum absolute atomic E-state index is 9.29. The van der Waals surface area contributed by atoms with Crippen molar-refractivity contribution in [1.82, 2.24) is 0 Å². The molecule has 1 aromatic carbocycles. The number of nitrogens with zero attached hydrogens (tertiary/aromatic N) is 1. The van der Waals surface area contributed by atoms with Gasteiger partial charge in [-0.2, -0.15) is 5.26 Å². The van der Waals surface area contributed by atoms with Gasteiger partial charge < -0.3 is 4.74 Å². The zero-order valence-electron chi connectivity index (χ0n) is 11.3. The molecule has 1 aliphatic carbocycles. The topological polar surface area (TPSA) is 33.0 Å². The minimum atomic E-state index is 0.0455. The van der Waals surface area contributed by atoms with E-state index in [0.717, 1.165) is 28.1 Å². The smallest absolute Gasteiger partial charge is 0.133 e. The fourth-order valence-corrected chi connectivity index (χ4v) is 3.38. The Morgan fingerprint density at radius 2 is 2.16 bits per heavy atom. The zero-order valence-corrected chi connectivity index (χ0v) is 13.5. The predicted octanol–water partition coefficient (Wildman–Crippen LogP) is 4.78. The second-order valence-corrected chi connectivity index (χ2v) is 6.45. The third-order valence-corrected chi connectivity index (χ3v) is 4.77. The van der Waals surface area contributed by atoms with Gasteiger partial charge in [0.05, 0.1) is 15.6 Å². The van der Waals surface area contributed by atoms with Crippen LogP contribution in [0.1, 0.15) is 39.0 Å². The summed E-state index contributed by atoms with van der Waals surface area (Å²) in [5, 5.41) is 9.29. The first-order valence-corrected chi connectivity index (χ1v) is 8.13. The van der Waals surface area contributed by atoms with Crippen molar-refractivity contribution < 1.29 is 4.74 Å². The molecule has 2 rings (SSSR count). The van der Waals surface area contributed by atoms with Crippen LogP contribution < -0.4 is 4.74 Å². The van der Waals surface area contributed by atoms with Gasteiger partial charge in [-0.25, -0.2) is 0 Å². The number of hydrogen-bond donors (Lipinski definition) is 0. The minimum absolute atomic E-state index is 0.0455. The normalized spacial score (nSPS) is 26.7. The van der Waals surface area contributed by atoms with Gasteiger partial charge in [0.2, 0.25) is 0 Å². The van der Waals surface area contributed by atoms with Crippen LogP contribution in [0.5, 0.6) is 5.75 Å². The molecular formula is C16H20INO. The van der Waals surface area contributed by atoms with Crippen molar-refractivity contribution in [2.45, 2.75) is 45.1 Å². The molecule has 3 heteroatoms. The predicted molar refractivity (Wildman–Crippen MR) is 84.9 cm³/mol. The van der Waals surface area contributed by atoms with Crippen LogP contribution in [-0.2, 0) is 0 Å². The monoisotopic (exact) mass is 369 g/mol. The van der Waals surface area contributed by atoms with Crippen molar-refractivity contribution in [3.63, 3.8) is 0 Å². The molecule has 3 atom stereocenters. The van der Waals surface area contributed by atoms with Gasteiger partial charge >= 0.3 is 0 Å². The van der Waals surface area contributed by atoms with E-state index in [1.54, 1.807) is 0 Å². The Morgan fingerprint density at radius 1 is 1.37 bits per heavy atom. The van der Waals surface area contributed by atoms with Crippen LogP contribution in [0.15, 0.2) is 24.3 Å². The molecular weight excluding hydrogens is 349 g/mol. The van der Waals surface area contributed by atoms with Gasteiger partial charge in [-0.15, -0.1) is 0 Å². The second-order valence-electron chi connectivity index (χ2n) is 5.29. The SMILES string of the molecule is CCCC1CCC(C#N)C(Oc2ccccc2I)C1. The lowest BCUT2D eigenvalue weighted by molar-refractivity contribution is 0.0867. The Labute approximate surface area is 129 Å². The van der Waals surface area contributed by atoms with Gasteiger partial charge in [0.15, 0.2) is 0 Å². The van der Waals surface area contributed by atoms with Gasteiger partial charge in [0.1, 0.15) is 11.9 Å². The van der Waals surface area contributed by atoms with Gasteiger partial charge in [-0.05, 0) is 59.9 Å². The number of rotatable bonds is 4. The van der Waals surface area contributed by atoms with E-state index in [1.165, 1.54) is 19.3 Å². The molecule has 3 unspecified atom stereocenters. The molecule has 0 spiro atoms. The molecule has 0 aliphatic heterocycles. The lowest BCUT2D eigenvalue weighted by atomic mass is 9.78. The first-order chi connectivity index (χ1) is 9.24. The molecule has 0 bridgehead atoms. The molecule has 0 saturated heterocycles. The summed E-state index contributed by atoms with van der Waals surface area (Å²) >= 11 is 2.29. The lowest BCUT2D eigenvalue weighted by Crippen LogP contribution is -2.33. The van der Waals surface area contributed by atoms with Gasteiger partial charge in [-0.1, -0.05) is 31.9 Å². The first-order valence-electron chi connectivity index (χ1n) is 7.05. The van der Waals surface area contributed by atoms with E-state index in [-0.39, 0.29) is 12.0 Å². The number of benzene rings is 1. The lowest BCUT2D eigenvalue weighted by Gasteiger charge is -2.33. The average molecular weight is 369 g/mol. The standard InChI is InChI=1S/C16H20INO/c1-2-5-12-8-9-13(11-18)16(10-12)19-15-7-4-3-6-14(15)17/h3-4,6-7,12-13,16H,2,5,8-10H2,1H3. The summed E-state index contributed by atoms with van der Waals surface area (Å²) in [4.78, 5) is 0. The molecule has 1 aliphatic rings. The van der Waals surface area contributed by atoms with Crippen molar-refractivity contribution in [3.05, 3.63) is 27.8 Å². The fourth-order valence-electron chi connectivity index (χ4n) is 2.86. The van der Waals surface area contributed by atoms with Crippen LogP contribution in [0.3, 0.4) is 0 Å². The highest BCUT2D eigenvalue weighted by Gasteiger charge is 2.32. The average Bonchev–Trinajstić information content (AvgIpc) is 2.42. The van der Waals surface area contributed by atoms with E-state index in [9.17, 15) is 5.26 Å². The van der Waals surface area contributed by atoms with Gasteiger partial charge in [-0.3, -0.25) is 0 Å². The summed E-state index contributed by atoms with van der Waals surface area (Å²) < 4.78 is 7.26. The Morgan fingerprint density at radius 3 is 2.84 bits per heavy atom. The Kier molecular flexibility index (Phi) is 5.50. The largest absolute Gasteiger partial charge is 0.488 e. The second kappa shape index (κ2) is 7.14. The van der Waals surface area contributed by atoms with Crippen molar-refractivity contribution in [2.75, 3.05) is 0 Å². The van der Waals surface area contributed by atoms with E-state index >= 15 is 0 Å². The maximum atomic E-state index is 9.29. The van der Waals surface area contributed by atoms with Crippen LogP contribution in [0.25, 0.3) is 0 Å². The van der Waals surface area contributed by atoms with Crippen LogP contribution in [0, 0.1) is 26.7 Å². The molecule has 0 aromatic heterocycles. The summed E-state index contributed by atoms with van der Waals surface area (Å²) in [5.41, 5.74) is 0. The van der Waals surface area contributed by atoms with Crippen molar-refractivity contribution >= 4 is 22.6 Å². The third-order valence-electron chi connectivity index (χ3n) is 3.88. The van der Waals surface area contributed by atoms with Gasteiger partial charge in [0.25, 0.3) is 0 Å². The molecule has 2 nitrogen and oxygen atoms in total. The van der Waals surface area contributed by atoms with E-state index in [1.807, 2.05) is 24.3 Å². The van der Waals surface area contributed by atoms with E-state index in [4.69, 9.17) is 4.74 Å². The third kappa shape index (κ3) is 3.85. The number of ether oxygens (including phenoxy) is 1. The number of nitriles is 1. The summed E-state index contributed by atoms with van der Waals surface area (Å²) in [6, 6.07) is 10.5. The van der Waals surface area contributed by atoms with Gasteiger partial charge in [0, 0.05) is 0 Å². The summed E-state index contributed by atoms with van der Waals surface area (Å²) in [6.45, 7) is 2.23. The first kappa shape index (κ1) is 14.6. The Hall–Kier alpha value is -0.760. The van der Waals surface area contributed by atoms with Crippen LogP contribution >= 0.6 is 22.6 Å². The maximum Gasteiger partial charge on any atom is 0.133 e. The summed E-state index contributed by atoms with van der Waals surface area (Å²) in [6.07, 6.45) is 5.72. The Balaban J connectivity index is 2.07. The van der Waals surface area contributed by atoms with Crippen LogP contribution in [0.2, 0.25) is 0 Å². The van der Waals surface area contributed by atoms with E-state index in [2.05, 4.69) is 35.6 Å². The molecule has 0 heterocycles. The molecule has 0 amide bonds. The zero-order chi connectivity index (χ0) is 13.7. The van der Waals surface area contributed by atoms with Crippen LogP contribution in [-0.4, -0.2) is 6.10 Å². The molecule has 1 saturated carbocycles. The number of halogens is 1. The van der Waals surface area contributed by atoms with Crippen molar-refractivity contribution in [1.29, 1.82) is 5.26 Å². The van der Waals surface area contributed by atoms with E-state index in [0.29, 0.717) is 0 Å². The molecule has 1 fully saturated rings.